The van der Waals surface area contributed by atoms with Crippen molar-refractivity contribution in [2.24, 2.45) is 5.92 Å². The lowest BCUT2D eigenvalue weighted by molar-refractivity contribution is -0.0356. The largest absolute Gasteiger partial charge is 0.510 e. The molecule has 0 spiro atoms. The second-order valence-electron chi connectivity index (χ2n) is 6.47. The Morgan fingerprint density at radius 3 is 2.45 bits per heavy atom. The van der Waals surface area contributed by atoms with E-state index in [0.29, 0.717) is 19.6 Å². The van der Waals surface area contributed by atoms with E-state index in [1.165, 1.54) is 52.1 Å². The van der Waals surface area contributed by atoms with E-state index in [0.717, 1.165) is 25.4 Å². The molecule has 0 bridgehead atoms. The maximum Gasteiger partial charge on any atom is 0.510 e. The van der Waals surface area contributed by atoms with Crippen LogP contribution in [0.3, 0.4) is 0 Å². The highest BCUT2D eigenvalue weighted by atomic mass is 16.8. The quantitative estimate of drug-likeness (QED) is 0.278. The second-order valence-corrected chi connectivity index (χ2v) is 6.47. The van der Waals surface area contributed by atoms with E-state index in [9.17, 15) is 4.79 Å². The van der Waals surface area contributed by atoms with Crippen molar-refractivity contribution in [1.82, 2.24) is 0 Å². The Hall–Kier alpha value is -0.810. The van der Waals surface area contributed by atoms with Crippen LogP contribution in [-0.2, 0) is 18.9 Å². The molecule has 22 heavy (non-hydrogen) atoms. The monoisotopic (exact) mass is 314 g/mol. The van der Waals surface area contributed by atoms with E-state index in [2.05, 4.69) is 4.74 Å². The smallest absolute Gasteiger partial charge is 0.438 e. The van der Waals surface area contributed by atoms with Crippen LogP contribution in [0.25, 0.3) is 0 Å². The van der Waals surface area contributed by atoms with Crippen LogP contribution in [0.2, 0.25) is 0 Å². The Labute approximate surface area is 133 Å². The van der Waals surface area contributed by atoms with Gasteiger partial charge in [-0.2, -0.15) is 0 Å². The molecule has 1 saturated heterocycles. The van der Waals surface area contributed by atoms with Crippen molar-refractivity contribution in [1.29, 1.82) is 0 Å². The zero-order chi connectivity index (χ0) is 15.7. The van der Waals surface area contributed by atoms with E-state index in [1.807, 2.05) is 0 Å². The molecular formula is C17H30O5. The summed E-state index contributed by atoms with van der Waals surface area (Å²) < 4.78 is 20.4. The van der Waals surface area contributed by atoms with Gasteiger partial charge in [-0.1, -0.05) is 38.5 Å². The number of hydrogen-bond donors (Lipinski definition) is 0. The first-order valence-electron chi connectivity index (χ1n) is 8.73. The number of rotatable bonds is 9. The third-order valence-electron chi connectivity index (χ3n) is 4.62. The molecule has 2 rings (SSSR count). The van der Waals surface area contributed by atoms with Gasteiger partial charge in [0.2, 0.25) is 5.79 Å². The van der Waals surface area contributed by atoms with Gasteiger partial charge in [0.05, 0.1) is 7.11 Å². The van der Waals surface area contributed by atoms with Gasteiger partial charge in [-0.05, 0) is 25.2 Å². The van der Waals surface area contributed by atoms with E-state index >= 15 is 0 Å². The van der Waals surface area contributed by atoms with Crippen molar-refractivity contribution in [2.75, 3.05) is 26.9 Å². The van der Waals surface area contributed by atoms with Gasteiger partial charge in [-0.25, -0.2) is 4.79 Å². The van der Waals surface area contributed by atoms with Crippen LogP contribution < -0.4 is 0 Å². The third-order valence-corrected chi connectivity index (χ3v) is 4.62. The maximum absolute atomic E-state index is 11.1. The van der Waals surface area contributed by atoms with Gasteiger partial charge in [0.1, 0.15) is 6.61 Å². The van der Waals surface area contributed by atoms with Crippen LogP contribution in [-0.4, -0.2) is 38.9 Å². The molecule has 1 atom stereocenters. The van der Waals surface area contributed by atoms with E-state index in [-0.39, 0.29) is 0 Å². The highest BCUT2D eigenvalue weighted by molar-refractivity contribution is 5.60. The molecule has 0 aromatic heterocycles. The molecule has 1 heterocycles. The summed E-state index contributed by atoms with van der Waals surface area (Å²) in [4.78, 5) is 11.1. The number of carbonyl (C=O) groups is 1. The zero-order valence-corrected chi connectivity index (χ0v) is 13.8. The number of methoxy groups -OCH3 is 1. The zero-order valence-electron chi connectivity index (χ0n) is 13.8. The summed E-state index contributed by atoms with van der Waals surface area (Å²) in [6, 6.07) is 0. The lowest BCUT2D eigenvalue weighted by atomic mass is 9.95. The molecule has 2 fully saturated rings. The van der Waals surface area contributed by atoms with Crippen LogP contribution in [0.4, 0.5) is 4.79 Å². The lowest BCUT2D eigenvalue weighted by Gasteiger charge is -2.14. The molecule has 1 aliphatic heterocycles. The van der Waals surface area contributed by atoms with Crippen molar-refractivity contribution in [2.45, 2.75) is 70.0 Å². The highest BCUT2D eigenvalue weighted by Gasteiger charge is 2.49. The molecule has 5 nitrogen and oxygen atoms in total. The molecule has 0 N–H and O–H groups in total. The van der Waals surface area contributed by atoms with Gasteiger partial charge in [-0.3, -0.25) is 0 Å². The average Bonchev–Trinajstić information content (AvgIpc) is 3.31. The van der Waals surface area contributed by atoms with Crippen molar-refractivity contribution in [3.63, 3.8) is 0 Å². The lowest BCUT2D eigenvalue weighted by Crippen LogP contribution is -2.21. The van der Waals surface area contributed by atoms with Gasteiger partial charge in [0, 0.05) is 19.6 Å². The minimum atomic E-state index is -0.739. The van der Waals surface area contributed by atoms with Gasteiger partial charge in [0.15, 0.2) is 0 Å². The molecule has 2 aliphatic rings. The summed E-state index contributed by atoms with van der Waals surface area (Å²) in [5, 5.41) is 0. The van der Waals surface area contributed by atoms with Crippen LogP contribution in [0.1, 0.15) is 64.2 Å². The van der Waals surface area contributed by atoms with Gasteiger partial charge in [-0.15, -0.1) is 0 Å². The minimum absolute atomic E-state index is 0.462. The number of carbonyl (C=O) groups excluding carboxylic acids is 1. The molecule has 0 aromatic carbocycles. The predicted molar refractivity (Wildman–Crippen MR) is 82.7 cm³/mol. The van der Waals surface area contributed by atoms with Crippen molar-refractivity contribution in [3.8, 4) is 0 Å². The molecule has 0 aromatic rings. The number of ether oxygens (including phenoxy) is 4. The Morgan fingerprint density at radius 1 is 1.14 bits per heavy atom. The number of hydrogen-bond acceptors (Lipinski definition) is 5. The highest BCUT2D eigenvalue weighted by Crippen LogP contribution is 2.34. The molecular weight excluding hydrogens is 284 g/mol. The van der Waals surface area contributed by atoms with Crippen LogP contribution in [0.5, 0.6) is 0 Å². The SMILES string of the molecule is COC(=O)OC1(CCCOCCCC2CCCCCC2)CO1. The first-order chi connectivity index (χ1) is 10.7. The topological polar surface area (TPSA) is 57.3 Å². The molecule has 1 unspecified atom stereocenters. The maximum atomic E-state index is 11.1. The van der Waals surface area contributed by atoms with Crippen LogP contribution in [0, 0.1) is 5.92 Å². The standard InChI is InChI=1S/C17H30O5/c1-19-16(18)22-17(14-21-17)11-7-13-20-12-6-10-15-8-4-2-3-5-9-15/h15H,2-14H2,1H3. The second kappa shape index (κ2) is 9.36. The Bertz CT molecular complexity index is 319. The summed E-state index contributed by atoms with van der Waals surface area (Å²) in [6.07, 6.45) is 11.8. The first-order valence-corrected chi connectivity index (χ1v) is 8.73. The van der Waals surface area contributed by atoms with E-state index < -0.39 is 11.9 Å². The Morgan fingerprint density at radius 2 is 1.82 bits per heavy atom. The number of epoxide rings is 1. The minimum Gasteiger partial charge on any atom is -0.438 e. The first kappa shape index (κ1) is 17.5. The van der Waals surface area contributed by atoms with Gasteiger partial charge >= 0.3 is 6.16 Å². The molecule has 1 aliphatic carbocycles. The van der Waals surface area contributed by atoms with Crippen LogP contribution >= 0.6 is 0 Å². The Balaban J connectivity index is 1.43. The summed E-state index contributed by atoms with van der Waals surface area (Å²) in [5.41, 5.74) is 0. The average molecular weight is 314 g/mol. The fourth-order valence-electron chi connectivity index (χ4n) is 3.20. The van der Waals surface area contributed by atoms with Crippen molar-refractivity contribution in [3.05, 3.63) is 0 Å². The fraction of sp³-hybridized carbons (Fsp3) is 0.941. The molecule has 0 amide bonds. The molecule has 1 saturated carbocycles. The van der Waals surface area contributed by atoms with E-state index in [1.54, 1.807) is 0 Å². The molecule has 5 heteroatoms. The van der Waals surface area contributed by atoms with Crippen molar-refractivity contribution < 1.29 is 23.7 Å². The van der Waals surface area contributed by atoms with E-state index in [4.69, 9.17) is 14.2 Å². The molecule has 0 radical (unpaired) electrons. The summed E-state index contributed by atoms with van der Waals surface area (Å²) in [6.45, 7) is 1.99. The normalized spacial score (nSPS) is 25.5. The summed E-state index contributed by atoms with van der Waals surface area (Å²) >= 11 is 0. The van der Waals surface area contributed by atoms with Crippen LogP contribution in [0.15, 0.2) is 0 Å². The summed E-state index contributed by atoms with van der Waals surface area (Å²) in [5.74, 6) is 0.180. The van der Waals surface area contributed by atoms with Gasteiger partial charge in [0.25, 0.3) is 0 Å². The van der Waals surface area contributed by atoms with Crippen molar-refractivity contribution >= 4 is 6.16 Å². The Kier molecular flexibility index (Phi) is 7.46. The molecule has 128 valence electrons. The predicted octanol–water partition coefficient (Wildman–Crippen LogP) is 4.04. The summed E-state index contributed by atoms with van der Waals surface area (Å²) in [7, 11) is 1.30. The third kappa shape index (κ3) is 6.53. The fourth-order valence-corrected chi connectivity index (χ4v) is 3.20. The van der Waals surface area contributed by atoms with Gasteiger partial charge < -0.3 is 18.9 Å².